The molecule has 0 amide bonds. The first-order valence-corrected chi connectivity index (χ1v) is 6.70. The maximum atomic E-state index is 6.06. The molecule has 6 heteroatoms. The highest BCUT2D eigenvalue weighted by Gasteiger charge is 2.33. The highest BCUT2D eigenvalue weighted by Crippen LogP contribution is 2.35. The SMILES string of the molecule is COCC1OC(n2ccc3c(Cl)ncnc32)CC1C. The number of hydrogen-bond donors (Lipinski definition) is 0. The van der Waals surface area contributed by atoms with Gasteiger partial charge in [0.05, 0.1) is 18.1 Å². The summed E-state index contributed by atoms with van der Waals surface area (Å²) >= 11 is 6.06. The number of nitrogens with zero attached hydrogens (tertiary/aromatic N) is 3. The number of fused-ring (bicyclic) bond motifs is 1. The van der Waals surface area contributed by atoms with E-state index in [1.165, 1.54) is 6.33 Å². The van der Waals surface area contributed by atoms with Gasteiger partial charge in [0.1, 0.15) is 23.4 Å². The van der Waals surface area contributed by atoms with Gasteiger partial charge in [0.2, 0.25) is 0 Å². The lowest BCUT2D eigenvalue weighted by Crippen LogP contribution is -2.20. The summed E-state index contributed by atoms with van der Waals surface area (Å²) < 4.78 is 13.3. The fourth-order valence-electron chi connectivity index (χ4n) is 2.58. The van der Waals surface area contributed by atoms with Gasteiger partial charge in [0.15, 0.2) is 0 Å². The summed E-state index contributed by atoms with van der Waals surface area (Å²) in [5.41, 5.74) is 0.815. The fraction of sp³-hybridized carbons (Fsp3) is 0.538. The molecular weight excluding hydrogens is 266 g/mol. The quantitative estimate of drug-likeness (QED) is 0.812. The third kappa shape index (κ3) is 2.22. The number of ether oxygens (including phenoxy) is 2. The summed E-state index contributed by atoms with van der Waals surface area (Å²) in [5.74, 6) is 0.458. The van der Waals surface area contributed by atoms with E-state index in [1.54, 1.807) is 7.11 Å². The molecule has 2 aromatic rings. The molecule has 3 rings (SSSR count). The minimum absolute atomic E-state index is 0.0152. The molecule has 1 saturated heterocycles. The molecule has 0 radical (unpaired) electrons. The van der Waals surface area contributed by atoms with Crippen molar-refractivity contribution in [2.45, 2.75) is 25.7 Å². The number of methoxy groups -OCH3 is 1. The fourth-order valence-corrected chi connectivity index (χ4v) is 2.77. The van der Waals surface area contributed by atoms with E-state index >= 15 is 0 Å². The van der Waals surface area contributed by atoms with Gasteiger partial charge in [-0.3, -0.25) is 0 Å². The third-order valence-electron chi connectivity index (χ3n) is 3.64. The van der Waals surface area contributed by atoms with Crippen LogP contribution in [-0.2, 0) is 9.47 Å². The van der Waals surface area contributed by atoms with Crippen molar-refractivity contribution in [1.82, 2.24) is 14.5 Å². The second-order valence-corrected chi connectivity index (χ2v) is 5.28. The molecule has 1 aliphatic rings. The Bertz CT molecular complexity index is 586. The largest absolute Gasteiger partial charge is 0.382 e. The van der Waals surface area contributed by atoms with Crippen LogP contribution in [-0.4, -0.2) is 34.4 Å². The number of rotatable bonds is 3. The van der Waals surface area contributed by atoms with Crippen molar-refractivity contribution >= 4 is 22.6 Å². The minimum Gasteiger partial charge on any atom is -0.382 e. The first kappa shape index (κ1) is 12.8. The molecule has 102 valence electrons. The Kier molecular flexibility index (Phi) is 3.43. The Balaban J connectivity index is 1.91. The van der Waals surface area contributed by atoms with Gasteiger partial charge < -0.3 is 14.0 Å². The van der Waals surface area contributed by atoms with Crippen LogP contribution >= 0.6 is 11.6 Å². The van der Waals surface area contributed by atoms with Gasteiger partial charge in [0, 0.05) is 13.3 Å². The average molecular weight is 282 g/mol. The monoisotopic (exact) mass is 281 g/mol. The molecule has 3 atom stereocenters. The Morgan fingerprint density at radius 2 is 2.37 bits per heavy atom. The van der Waals surface area contributed by atoms with Crippen molar-refractivity contribution in [3.8, 4) is 0 Å². The van der Waals surface area contributed by atoms with Gasteiger partial charge in [-0.2, -0.15) is 0 Å². The molecule has 1 fully saturated rings. The van der Waals surface area contributed by atoms with Gasteiger partial charge in [0.25, 0.3) is 0 Å². The van der Waals surface area contributed by atoms with Gasteiger partial charge >= 0.3 is 0 Å². The molecule has 0 aromatic carbocycles. The Morgan fingerprint density at radius 1 is 1.53 bits per heavy atom. The number of hydrogen-bond acceptors (Lipinski definition) is 4. The van der Waals surface area contributed by atoms with Crippen molar-refractivity contribution in [1.29, 1.82) is 0 Å². The molecule has 19 heavy (non-hydrogen) atoms. The molecule has 0 spiro atoms. The summed E-state index contributed by atoms with van der Waals surface area (Å²) in [6.45, 7) is 2.80. The summed E-state index contributed by atoms with van der Waals surface area (Å²) in [6.07, 6.45) is 4.49. The number of aromatic nitrogens is 3. The second kappa shape index (κ2) is 5.07. The van der Waals surface area contributed by atoms with E-state index < -0.39 is 0 Å². The molecule has 3 heterocycles. The lowest BCUT2D eigenvalue weighted by atomic mass is 10.0. The molecule has 1 aliphatic heterocycles. The zero-order valence-electron chi connectivity index (χ0n) is 10.9. The van der Waals surface area contributed by atoms with E-state index in [0.29, 0.717) is 17.7 Å². The zero-order chi connectivity index (χ0) is 13.4. The first-order valence-electron chi connectivity index (χ1n) is 6.32. The summed E-state index contributed by atoms with van der Waals surface area (Å²) in [4.78, 5) is 8.29. The van der Waals surface area contributed by atoms with Gasteiger partial charge in [-0.25, -0.2) is 9.97 Å². The predicted octanol–water partition coefficient (Wildman–Crippen LogP) is 2.65. The van der Waals surface area contributed by atoms with E-state index in [0.717, 1.165) is 17.5 Å². The van der Waals surface area contributed by atoms with Gasteiger partial charge in [-0.15, -0.1) is 0 Å². The van der Waals surface area contributed by atoms with E-state index in [2.05, 4.69) is 16.9 Å². The van der Waals surface area contributed by atoms with Crippen LogP contribution in [0.2, 0.25) is 5.15 Å². The molecule has 2 aromatic heterocycles. The van der Waals surface area contributed by atoms with E-state index in [-0.39, 0.29) is 12.3 Å². The normalized spacial score (nSPS) is 27.2. The summed E-state index contributed by atoms with van der Waals surface area (Å²) in [5, 5.41) is 1.33. The highest BCUT2D eigenvalue weighted by molar-refractivity contribution is 6.33. The van der Waals surface area contributed by atoms with Gasteiger partial charge in [-0.1, -0.05) is 18.5 Å². The summed E-state index contributed by atoms with van der Waals surface area (Å²) in [6, 6.07) is 1.93. The van der Waals surface area contributed by atoms with Crippen molar-refractivity contribution < 1.29 is 9.47 Å². The van der Waals surface area contributed by atoms with Crippen LogP contribution in [0.25, 0.3) is 11.0 Å². The van der Waals surface area contributed by atoms with Crippen LogP contribution in [0.5, 0.6) is 0 Å². The maximum Gasteiger partial charge on any atom is 0.146 e. The first-order chi connectivity index (χ1) is 9.20. The summed E-state index contributed by atoms with van der Waals surface area (Å²) in [7, 11) is 1.70. The Labute approximate surface area is 116 Å². The van der Waals surface area contributed by atoms with E-state index in [4.69, 9.17) is 21.1 Å². The van der Waals surface area contributed by atoms with Crippen molar-refractivity contribution in [3.63, 3.8) is 0 Å². The van der Waals surface area contributed by atoms with Crippen LogP contribution in [0.4, 0.5) is 0 Å². The van der Waals surface area contributed by atoms with Crippen LogP contribution in [0.3, 0.4) is 0 Å². The van der Waals surface area contributed by atoms with Gasteiger partial charge in [-0.05, 0) is 18.4 Å². The Morgan fingerprint density at radius 3 is 3.16 bits per heavy atom. The lowest BCUT2D eigenvalue weighted by Gasteiger charge is -2.15. The molecule has 0 N–H and O–H groups in total. The van der Waals surface area contributed by atoms with Crippen LogP contribution in [0.1, 0.15) is 19.6 Å². The standard InChI is InChI=1S/C13H16ClN3O2/c1-8-5-11(19-10(8)6-18-2)17-4-3-9-12(14)15-7-16-13(9)17/h3-4,7-8,10-11H,5-6H2,1-2H3. The molecule has 0 saturated carbocycles. The van der Waals surface area contributed by atoms with E-state index in [9.17, 15) is 0 Å². The smallest absolute Gasteiger partial charge is 0.146 e. The molecule has 5 nitrogen and oxygen atoms in total. The Hall–Kier alpha value is -1.17. The predicted molar refractivity (Wildman–Crippen MR) is 72.1 cm³/mol. The second-order valence-electron chi connectivity index (χ2n) is 4.92. The van der Waals surface area contributed by atoms with Crippen molar-refractivity contribution in [2.24, 2.45) is 5.92 Å². The lowest BCUT2D eigenvalue weighted by molar-refractivity contribution is -0.0370. The zero-order valence-corrected chi connectivity index (χ0v) is 11.7. The average Bonchev–Trinajstić information content (AvgIpc) is 2.95. The molecule has 0 aliphatic carbocycles. The van der Waals surface area contributed by atoms with Crippen LogP contribution in [0.15, 0.2) is 18.6 Å². The topological polar surface area (TPSA) is 49.2 Å². The van der Waals surface area contributed by atoms with Crippen LogP contribution in [0, 0.1) is 5.92 Å². The van der Waals surface area contributed by atoms with E-state index in [1.807, 2.05) is 16.8 Å². The molecule has 3 unspecified atom stereocenters. The van der Waals surface area contributed by atoms with Crippen LogP contribution < -0.4 is 0 Å². The highest BCUT2D eigenvalue weighted by atomic mass is 35.5. The molecular formula is C13H16ClN3O2. The van der Waals surface area contributed by atoms with Crippen molar-refractivity contribution in [3.05, 3.63) is 23.7 Å². The number of halogens is 1. The maximum absolute atomic E-state index is 6.06. The van der Waals surface area contributed by atoms with Crippen molar-refractivity contribution in [2.75, 3.05) is 13.7 Å². The molecule has 0 bridgehead atoms. The third-order valence-corrected chi connectivity index (χ3v) is 3.94. The minimum atomic E-state index is -0.0152.